The van der Waals surface area contributed by atoms with E-state index in [2.05, 4.69) is 16.4 Å². The maximum absolute atomic E-state index is 12.8. The fourth-order valence-electron chi connectivity index (χ4n) is 5.10. The number of pyridine rings is 1. The first kappa shape index (κ1) is 31.0. The Morgan fingerprint density at radius 1 is 1.19 bits per heavy atom. The lowest BCUT2D eigenvalue weighted by Gasteiger charge is -2.27. The highest BCUT2D eigenvalue weighted by Crippen LogP contribution is 2.39. The summed E-state index contributed by atoms with van der Waals surface area (Å²) in [5.41, 5.74) is 14.7. The van der Waals surface area contributed by atoms with E-state index in [1.54, 1.807) is 47.4 Å². The molecule has 2 atom stereocenters. The Labute approximate surface area is 246 Å². The van der Waals surface area contributed by atoms with Gasteiger partial charge < -0.3 is 32.1 Å². The van der Waals surface area contributed by atoms with Gasteiger partial charge in [0.15, 0.2) is 0 Å². The van der Waals surface area contributed by atoms with Gasteiger partial charge in [0.2, 0.25) is 5.91 Å². The largest absolute Gasteiger partial charge is 0.507 e. The molecule has 1 aromatic heterocycles. The van der Waals surface area contributed by atoms with Gasteiger partial charge in [0.05, 0.1) is 17.1 Å². The number of aromatic hydroxyl groups is 1. The molecule has 2 aromatic carbocycles. The molecule has 13 heteroatoms. The van der Waals surface area contributed by atoms with E-state index in [4.69, 9.17) is 11.5 Å². The Hall–Kier alpha value is -4.99. The van der Waals surface area contributed by atoms with Gasteiger partial charge in [-0.1, -0.05) is 32.0 Å². The summed E-state index contributed by atoms with van der Waals surface area (Å²) in [5.74, 6) is -2.55. The van der Waals surface area contributed by atoms with Crippen LogP contribution in [-0.4, -0.2) is 53.3 Å². The van der Waals surface area contributed by atoms with Crippen LogP contribution in [0, 0.1) is 17.2 Å². The lowest BCUT2D eigenvalue weighted by molar-refractivity contribution is -0.174. The van der Waals surface area contributed by atoms with E-state index in [0.29, 0.717) is 46.7 Å². The highest BCUT2D eigenvalue weighted by molar-refractivity contribution is 5.89. The van der Waals surface area contributed by atoms with Crippen molar-refractivity contribution < 1.29 is 27.9 Å². The first-order valence-electron chi connectivity index (χ1n) is 13.6. The van der Waals surface area contributed by atoms with Gasteiger partial charge in [-0.15, -0.1) is 0 Å². The minimum atomic E-state index is -4.99. The van der Waals surface area contributed by atoms with Crippen LogP contribution in [0.1, 0.15) is 32.3 Å². The number of nitrogens with zero attached hydrogens (tertiary/aromatic N) is 3. The van der Waals surface area contributed by atoms with Gasteiger partial charge in [-0.2, -0.15) is 18.4 Å². The number of phenols is 1. The van der Waals surface area contributed by atoms with Crippen LogP contribution in [0.25, 0.3) is 22.4 Å². The predicted molar refractivity (Wildman–Crippen MR) is 157 cm³/mol. The predicted octanol–water partition coefficient (Wildman–Crippen LogP) is 4.14. The average Bonchev–Trinajstić information content (AvgIpc) is 3.39. The van der Waals surface area contributed by atoms with E-state index in [-0.39, 0.29) is 36.0 Å². The summed E-state index contributed by atoms with van der Waals surface area (Å²) in [6, 6.07) is 13.9. The molecule has 4 rings (SSSR count). The number of hydrogen-bond acceptors (Lipinski definition) is 8. The molecule has 0 aliphatic carbocycles. The van der Waals surface area contributed by atoms with Crippen LogP contribution in [0.4, 0.5) is 30.4 Å². The number of nitrogens with two attached hydrogens (primary N) is 2. The van der Waals surface area contributed by atoms with E-state index >= 15 is 0 Å². The monoisotopic (exact) mass is 595 g/mol. The maximum atomic E-state index is 12.8. The summed E-state index contributed by atoms with van der Waals surface area (Å²) >= 11 is 0. The molecule has 1 saturated heterocycles. The molecule has 1 fully saturated rings. The molecule has 0 spiro atoms. The smallest absolute Gasteiger partial charge is 0.471 e. The molecule has 0 bridgehead atoms. The lowest BCUT2D eigenvalue weighted by atomic mass is 9.96. The van der Waals surface area contributed by atoms with Crippen molar-refractivity contribution in [3.63, 3.8) is 0 Å². The molecule has 0 radical (unpaired) electrons. The number of carbonyl (C=O) groups is 2. The molecule has 3 aromatic rings. The summed E-state index contributed by atoms with van der Waals surface area (Å²) in [6.45, 7) is 4.31. The minimum absolute atomic E-state index is 0.0260. The number of primary amides is 1. The van der Waals surface area contributed by atoms with Crippen LogP contribution in [0.5, 0.6) is 5.75 Å². The summed E-state index contributed by atoms with van der Waals surface area (Å²) < 4.78 is 38.5. The van der Waals surface area contributed by atoms with Crippen LogP contribution in [0.15, 0.2) is 48.5 Å². The molecule has 226 valence electrons. The summed E-state index contributed by atoms with van der Waals surface area (Å²) in [6.07, 6.45) is -4.31. The van der Waals surface area contributed by atoms with Crippen LogP contribution >= 0.6 is 0 Å². The van der Waals surface area contributed by atoms with Crippen LogP contribution < -0.4 is 27.0 Å². The van der Waals surface area contributed by atoms with E-state index in [1.807, 2.05) is 19.2 Å². The van der Waals surface area contributed by atoms with Crippen molar-refractivity contribution in [1.82, 2.24) is 10.3 Å². The average molecular weight is 596 g/mol. The number of aromatic nitrogens is 1. The molecule has 1 aliphatic rings. The number of halogens is 3. The third kappa shape index (κ3) is 7.09. The van der Waals surface area contributed by atoms with Crippen molar-refractivity contribution in [1.29, 1.82) is 5.26 Å². The topological polar surface area (TPSA) is 170 Å². The summed E-state index contributed by atoms with van der Waals surface area (Å²) in [5, 5.41) is 25.6. The van der Waals surface area contributed by atoms with Gasteiger partial charge in [0, 0.05) is 30.3 Å². The van der Waals surface area contributed by atoms with Gasteiger partial charge in [-0.05, 0) is 54.7 Å². The molecule has 0 saturated carbocycles. The van der Waals surface area contributed by atoms with Crippen LogP contribution in [-0.2, 0) is 9.59 Å². The van der Waals surface area contributed by atoms with Crippen molar-refractivity contribution in [2.24, 2.45) is 11.7 Å². The zero-order chi connectivity index (χ0) is 31.5. The van der Waals surface area contributed by atoms with E-state index in [0.717, 1.165) is 0 Å². The first-order valence-corrected chi connectivity index (χ1v) is 13.6. The quantitative estimate of drug-likeness (QED) is 0.246. The molecule has 1 unspecified atom stereocenters. The van der Waals surface area contributed by atoms with Gasteiger partial charge in [0.25, 0.3) is 0 Å². The molecule has 2 heterocycles. The molecular weight excluding hydrogens is 563 g/mol. The second kappa shape index (κ2) is 12.5. The van der Waals surface area contributed by atoms with Gasteiger partial charge in [-0.25, -0.2) is 4.98 Å². The highest BCUT2D eigenvalue weighted by Gasteiger charge is 2.41. The second-order valence-electron chi connectivity index (χ2n) is 10.8. The number of alkyl halides is 3. The minimum Gasteiger partial charge on any atom is -0.507 e. The SMILES string of the molecule is CC(C)C[C@H](Nc1cc(-c2cc(-c3ccccc3O)nc(N)c2C#N)ccc1N1CCC(NC(=O)C(F)(F)F)C1)C(N)=O. The number of para-hydroxylation sites is 1. The summed E-state index contributed by atoms with van der Waals surface area (Å²) in [7, 11) is 0. The van der Waals surface area contributed by atoms with Crippen LogP contribution in [0.3, 0.4) is 0 Å². The van der Waals surface area contributed by atoms with Crippen LogP contribution in [0.2, 0.25) is 0 Å². The van der Waals surface area contributed by atoms with E-state index < -0.39 is 30.1 Å². The number of nitrogens with one attached hydrogen (secondary N) is 2. The third-order valence-corrected chi connectivity index (χ3v) is 7.15. The van der Waals surface area contributed by atoms with Crippen molar-refractivity contribution >= 4 is 29.0 Å². The number of amides is 2. The number of nitrogen functional groups attached to an aromatic ring is 1. The molecular formula is C30H32F3N7O3. The molecule has 43 heavy (non-hydrogen) atoms. The van der Waals surface area contributed by atoms with Gasteiger partial charge >= 0.3 is 12.1 Å². The van der Waals surface area contributed by atoms with Crippen molar-refractivity contribution in [2.75, 3.05) is 29.0 Å². The third-order valence-electron chi connectivity index (χ3n) is 7.15. The number of hydrogen-bond donors (Lipinski definition) is 5. The Morgan fingerprint density at radius 2 is 1.91 bits per heavy atom. The molecule has 7 N–H and O–H groups in total. The summed E-state index contributed by atoms with van der Waals surface area (Å²) in [4.78, 5) is 30.0. The number of nitriles is 1. The van der Waals surface area contributed by atoms with Crippen molar-refractivity contribution in [3.05, 3.63) is 54.1 Å². The maximum Gasteiger partial charge on any atom is 0.471 e. The number of anilines is 3. The number of rotatable bonds is 9. The van der Waals surface area contributed by atoms with Crippen molar-refractivity contribution in [2.45, 2.75) is 44.9 Å². The molecule has 2 amide bonds. The Bertz CT molecular complexity index is 1570. The number of benzene rings is 2. The number of carbonyl (C=O) groups excluding carboxylic acids is 2. The van der Waals surface area contributed by atoms with E-state index in [9.17, 15) is 33.1 Å². The van der Waals surface area contributed by atoms with Gasteiger partial charge in [-0.3, -0.25) is 9.59 Å². The van der Waals surface area contributed by atoms with Gasteiger partial charge in [0.1, 0.15) is 29.2 Å². The zero-order valence-electron chi connectivity index (χ0n) is 23.6. The Balaban J connectivity index is 1.79. The fourth-order valence-corrected chi connectivity index (χ4v) is 5.10. The second-order valence-corrected chi connectivity index (χ2v) is 10.8. The standard InChI is InChI=1S/C30H32F3N7O3/c1-16(2)11-24(28(36)42)38-23-12-17(7-8-25(23)40-10-9-18(15-40)37-29(43)30(31,32)33)20-13-22(39-27(35)21(20)14-34)19-5-3-4-6-26(19)41/h3-8,12-13,16,18,24,38,41H,9-11,15H2,1-2H3,(H2,35,39)(H2,36,42)(H,37,43)/t18?,24-/m0/s1. The zero-order valence-corrected chi connectivity index (χ0v) is 23.6. The fraction of sp³-hybridized carbons (Fsp3) is 0.333. The molecule has 1 aliphatic heterocycles. The normalized spacial score (nSPS) is 15.7. The highest BCUT2D eigenvalue weighted by atomic mass is 19.4. The van der Waals surface area contributed by atoms with E-state index in [1.165, 1.54) is 6.07 Å². The number of phenolic OH excluding ortho intramolecular Hbond substituents is 1. The Kier molecular flexibility index (Phi) is 8.99. The first-order chi connectivity index (χ1) is 20.3. The molecule has 10 nitrogen and oxygen atoms in total. The lowest BCUT2D eigenvalue weighted by Crippen LogP contribution is -2.44. The Morgan fingerprint density at radius 3 is 2.53 bits per heavy atom. The van der Waals surface area contributed by atoms with Crippen molar-refractivity contribution in [3.8, 4) is 34.2 Å².